The molecule has 1 heterocycles. The van der Waals surface area contributed by atoms with Crippen LogP contribution in [0.2, 0.25) is 0 Å². The molecule has 8 heteroatoms. The lowest BCUT2D eigenvalue weighted by Crippen LogP contribution is -2.43. The van der Waals surface area contributed by atoms with Crippen LogP contribution in [0, 0.1) is 23.1 Å². The molecule has 1 aliphatic heterocycles. The van der Waals surface area contributed by atoms with E-state index in [2.05, 4.69) is 10.6 Å². The van der Waals surface area contributed by atoms with Gasteiger partial charge in [-0.05, 0) is 43.0 Å². The van der Waals surface area contributed by atoms with E-state index in [-0.39, 0.29) is 28.6 Å². The van der Waals surface area contributed by atoms with Crippen LogP contribution in [0.3, 0.4) is 0 Å². The number of likely N-dealkylation sites (tertiary alicyclic amines) is 1. The third-order valence-corrected chi connectivity index (χ3v) is 5.06. The van der Waals surface area contributed by atoms with Crippen LogP contribution in [-0.4, -0.2) is 42.3 Å². The van der Waals surface area contributed by atoms with Crippen molar-refractivity contribution in [3.8, 4) is 6.07 Å². The largest absolute Gasteiger partial charge is 0.348 e. The van der Waals surface area contributed by atoms with Gasteiger partial charge in [0.1, 0.15) is 11.9 Å². The topological polar surface area (TPSA) is 102 Å². The smallest absolute Gasteiger partial charge is 0.313 e. The molecule has 1 fully saturated rings. The number of halogens is 1. The molecule has 3 amide bonds. The molecule has 0 spiro atoms. The van der Waals surface area contributed by atoms with Gasteiger partial charge in [0.2, 0.25) is 0 Å². The summed E-state index contributed by atoms with van der Waals surface area (Å²) in [5.41, 5.74) is 0.601. The lowest BCUT2D eigenvalue weighted by Gasteiger charge is -2.32. The predicted octanol–water partition coefficient (Wildman–Crippen LogP) is 2.30. The number of nitrogens with one attached hydrogen (secondary N) is 2. The summed E-state index contributed by atoms with van der Waals surface area (Å²) in [6, 6.07) is 14.3. The van der Waals surface area contributed by atoms with Gasteiger partial charge in [-0.25, -0.2) is 4.39 Å². The number of nitrogens with zero attached hydrogens (tertiary/aromatic N) is 2. The van der Waals surface area contributed by atoms with Gasteiger partial charge in [-0.2, -0.15) is 5.26 Å². The van der Waals surface area contributed by atoms with Crippen molar-refractivity contribution in [1.29, 1.82) is 5.26 Å². The summed E-state index contributed by atoms with van der Waals surface area (Å²) in [5.74, 6) is -2.40. The van der Waals surface area contributed by atoms with Crippen molar-refractivity contribution in [1.82, 2.24) is 10.2 Å². The first-order chi connectivity index (χ1) is 14.5. The summed E-state index contributed by atoms with van der Waals surface area (Å²) >= 11 is 0. The van der Waals surface area contributed by atoms with Crippen molar-refractivity contribution in [2.45, 2.75) is 12.8 Å². The summed E-state index contributed by atoms with van der Waals surface area (Å²) in [4.78, 5) is 38.2. The fourth-order valence-electron chi connectivity index (χ4n) is 3.33. The van der Waals surface area contributed by atoms with E-state index in [9.17, 15) is 18.8 Å². The number of amides is 3. The average molecular weight is 408 g/mol. The maximum Gasteiger partial charge on any atom is 0.313 e. The molecule has 0 radical (unpaired) electrons. The number of para-hydroxylation sites is 1. The molecule has 3 rings (SSSR count). The monoisotopic (exact) mass is 408 g/mol. The van der Waals surface area contributed by atoms with E-state index in [1.54, 1.807) is 35.2 Å². The Morgan fingerprint density at radius 3 is 2.40 bits per heavy atom. The summed E-state index contributed by atoms with van der Waals surface area (Å²) in [6.45, 7) is 1.21. The predicted molar refractivity (Wildman–Crippen MR) is 108 cm³/mol. The van der Waals surface area contributed by atoms with Crippen molar-refractivity contribution in [3.63, 3.8) is 0 Å². The number of benzene rings is 2. The molecule has 0 aliphatic carbocycles. The zero-order valence-electron chi connectivity index (χ0n) is 16.2. The molecule has 0 saturated carbocycles. The van der Waals surface area contributed by atoms with Gasteiger partial charge in [-0.3, -0.25) is 14.4 Å². The quantitative estimate of drug-likeness (QED) is 0.758. The first-order valence-electron chi connectivity index (χ1n) is 9.61. The lowest BCUT2D eigenvalue weighted by molar-refractivity contribution is -0.136. The minimum atomic E-state index is -0.843. The van der Waals surface area contributed by atoms with Crippen molar-refractivity contribution in [3.05, 3.63) is 65.5 Å². The molecule has 30 heavy (non-hydrogen) atoms. The summed E-state index contributed by atoms with van der Waals surface area (Å²) in [6.07, 6.45) is 1.28. The second-order valence-corrected chi connectivity index (χ2v) is 7.04. The molecule has 154 valence electrons. The molecule has 1 aliphatic rings. The number of rotatable bonds is 4. The van der Waals surface area contributed by atoms with Crippen molar-refractivity contribution < 1.29 is 18.8 Å². The fourth-order valence-corrected chi connectivity index (χ4v) is 3.33. The number of nitriles is 1. The van der Waals surface area contributed by atoms with Crippen LogP contribution >= 0.6 is 0 Å². The lowest BCUT2D eigenvalue weighted by atomic mass is 9.96. The van der Waals surface area contributed by atoms with E-state index in [1.807, 2.05) is 6.07 Å². The highest BCUT2D eigenvalue weighted by molar-refractivity contribution is 6.39. The second kappa shape index (κ2) is 9.65. The molecule has 0 unspecified atom stereocenters. The molecule has 1 saturated heterocycles. The van der Waals surface area contributed by atoms with E-state index >= 15 is 0 Å². The van der Waals surface area contributed by atoms with Gasteiger partial charge in [0.15, 0.2) is 0 Å². The number of carbonyl (C=O) groups excluding carboxylic acids is 3. The Hall–Kier alpha value is -3.73. The van der Waals surface area contributed by atoms with E-state index in [0.29, 0.717) is 32.5 Å². The number of carbonyl (C=O) groups is 3. The van der Waals surface area contributed by atoms with Crippen LogP contribution in [0.15, 0.2) is 48.5 Å². The summed E-state index contributed by atoms with van der Waals surface area (Å²) in [7, 11) is 0. The van der Waals surface area contributed by atoms with Gasteiger partial charge in [0.05, 0.1) is 16.8 Å². The van der Waals surface area contributed by atoms with Crippen molar-refractivity contribution >= 4 is 23.4 Å². The zero-order valence-corrected chi connectivity index (χ0v) is 16.2. The Morgan fingerprint density at radius 2 is 1.70 bits per heavy atom. The van der Waals surface area contributed by atoms with Crippen LogP contribution in [0.5, 0.6) is 0 Å². The highest BCUT2D eigenvalue weighted by Crippen LogP contribution is 2.20. The molecule has 7 nitrogen and oxygen atoms in total. The fraction of sp³-hybridized carbons (Fsp3) is 0.273. The zero-order chi connectivity index (χ0) is 21.5. The molecular formula is C22H21FN4O3. The normalized spacial score (nSPS) is 13.9. The Labute approximate surface area is 173 Å². The SMILES string of the molecule is N#Cc1ccccc1NC(=O)C(=O)NCC1CCN(C(=O)c2ccccc2F)CC1. The summed E-state index contributed by atoms with van der Waals surface area (Å²) in [5, 5.41) is 14.1. The van der Waals surface area contributed by atoms with Crippen molar-refractivity contribution in [2.24, 2.45) is 5.92 Å². The first kappa shape index (κ1) is 21.0. The van der Waals surface area contributed by atoms with Gasteiger partial charge in [0, 0.05) is 19.6 Å². The number of anilines is 1. The van der Waals surface area contributed by atoms with Crippen LogP contribution in [0.4, 0.5) is 10.1 Å². The summed E-state index contributed by atoms with van der Waals surface area (Å²) < 4.78 is 13.8. The van der Waals surface area contributed by atoms with E-state index < -0.39 is 17.6 Å². The standard InChI is InChI=1S/C22H21FN4O3/c23-18-7-3-2-6-17(18)22(30)27-11-9-15(10-12-27)14-25-20(28)21(29)26-19-8-4-1-5-16(19)13-24/h1-8,15H,9-12,14H2,(H,25,28)(H,26,29). The third-order valence-electron chi connectivity index (χ3n) is 5.06. The van der Waals surface area contributed by atoms with Gasteiger partial charge < -0.3 is 15.5 Å². The molecule has 2 N–H and O–H groups in total. The van der Waals surface area contributed by atoms with Gasteiger partial charge in [-0.1, -0.05) is 24.3 Å². The minimum Gasteiger partial charge on any atom is -0.348 e. The Kier molecular flexibility index (Phi) is 6.75. The molecule has 0 bridgehead atoms. The third kappa shape index (κ3) is 5.00. The highest BCUT2D eigenvalue weighted by atomic mass is 19.1. The van der Waals surface area contributed by atoms with E-state index in [4.69, 9.17) is 5.26 Å². The molecular weight excluding hydrogens is 387 g/mol. The van der Waals surface area contributed by atoms with Gasteiger partial charge in [-0.15, -0.1) is 0 Å². The van der Waals surface area contributed by atoms with Crippen LogP contribution in [-0.2, 0) is 9.59 Å². The number of piperidine rings is 1. The highest BCUT2D eigenvalue weighted by Gasteiger charge is 2.26. The minimum absolute atomic E-state index is 0.0542. The Morgan fingerprint density at radius 1 is 1.03 bits per heavy atom. The van der Waals surface area contributed by atoms with Crippen LogP contribution in [0.1, 0.15) is 28.8 Å². The maximum absolute atomic E-state index is 13.8. The average Bonchev–Trinajstić information content (AvgIpc) is 2.78. The first-order valence-corrected chi connectivity index (χ1v) is 9.61. The maximum atomic E-state index is 13.8. The van der Waals surface area contributed by atoms with E-state index in [0.717, 1.165) is 0 Å². The molecule has 0 aromatic heterocycles. The Bertz CT molecular complexity index is 994. The number of hydrogen-bond acceptors (Lipinski definition) is 4. The van der Waals surface area contributed by atoms with Crippen molar-refractivity contribution in [2.75, 3.05) is 25.0 Å². The van der Waals surface area contributed by atoms with Gasteiger partial charge in [0.25, 0.3) is 5.91 Å². The van der Waals surface area contributed by atoms with Crippen LogP contribution < -0.4 is 10.6 Å². The van der Waals surface area contributed by atoms with Gasteiger partial charge >= 0.3 is 11.8 Å². The number of hydrogen-bond donors (Lipinski definition) is 2. The Balaban J connectivity index is 1.46. The molecule has 2 aromatic carbocycles. The second-order valence-electron chi connectivity index (χ2n) is 7.04. The van der Waals surface area contributed by atoms with Crippen LogP contribution in [0.25, 0.3) is 0 Å². The van der Waals surface area contributed by atoms with E-state index in [1.165, 1.54) is 18.2 Å². The molecule has 0 atom stereocenters. The molecule has 2 aromatic rings.